The Labute approximate surface area is 164 Å². The van der Waals surface area contributed by atoms with Crippen molar-refractivity contribution in [2.45, 2.75) is 46.1 Å². The molecule has 0 saturated heterocycles. The normalized spacial score (nSPS) is 13.3. The van der Waals surface area contributed by atoms with Crippen LogP contribution >= 0.6 is 11.3 Å². The van der Waals surface area contributed by atoms with Gasteiger partial charge >= 0.3 is 0 Å². The molecule has 0 radical (unpaired) electrons. The van der Waals surface area contributed by atoms with Crippen molar-refractivity contribution in [2.24, 2.45) is 0 Å². The molecule has 27 heavy (non-hydrogen) atoms. The van der Waals surface area contributed by atoms with E-state index in [1.54, 1.807) is 17.7 Å². The molecule has 1 amide bonds. The molecule has 2 N–H and O–H groups in total. The van der Waals surface area contributed by atoms with Crippen LogP contribution in [0.4, 0.5) is 5.82 Å². The number of anilines is 1. The molecule has 0 fully saturated rings. The summed E-state index contributed by atoms with van der Waals surface area (Å²) in [5, 5.41) is 7.35. The highest BCUT2D eigenvalue weighted by molar-refractivity contribution is 7.18. The van der Waals surface area contributed by atoms with Crippen LogP contribution in [0, 0.1) is 13.8 Å². The minimum atomic E-state index is -0.379. The maximum atomic E-state index is 12.6. The second kappa shape index (κ2) is 8.48. The standard InChI is InChI=1S/C21H26N4OS/c1-5-16(17-9-7-6-8-10-17)11-22-20(26)14(3)25-19-18-13(2)15(4)27-21(18)24-12-23-19/h6-10,12,14,16H,5,11H2,1-4H3,(H,22,26)(H,23,24,25)/t14-,16+/m1/s1. The lowest BCUT2D eigenvalue weighted by Gasteiger charge is -2.19. The summed E-state index contributed by atoms with van der Waals surface area (Å²) in [6, 6.07) is 9.93. The van der Waals surface area contributed by atoms with Gasteiger partial charge in [0.05, 0.1) is 5.39 Å². The van der Waals surface area contributed by atoms with Gasteiger partial charge in [0.25, 0.3) is 0 Å². The van der Waals surface area contributed by atoms with Gasteiger partial charge in [0.15, 0.2) is 0 Å². The first-order chi connectivity index (χ1) is 13.0. The molecule has 3 aromatic rings. The summed E-state index contributed by atoms with van der Waals surface area (Å²) in [6.07, 6.45) is 2.53. The third-order valence-electron chi connectivity index (χ3n) is 5.00. The second-order valence-electron chi connectivity index (χ2n) is 6.81. The van der Waals surface area contributed by atoms with Crippen molar-refractivity contribution in [3.8, 4) is 0 Å². The first kappa shape index (κ1) is 19.3. The van der Waals surface area contributed by atoms with E-state index in [-0.39, 0.29) is 11.9 Å². The molecule has 142 valence electrons. The average molecular weight is 383 g/mol. The van der Waals surface area contributed by atoms with Crippen molar-refractivity contribution in [3.05, 3.63) is 52.7 Å². The quantitative estimate of drug-likeness (QED) is 0.635. The van der Waals surface area contributed by atoms with E-state index in [1.165, 1.54) is 16.0 Å². The second-order valence-corrected chi connectivity index (χ2v) is 8.02. The Kier molecular flexibility index (Phi) is 6.06. The SMILES string of the molecule is CC[C@@H](CNC(=O)[C@@H](C)Nc1ncnc2sc(C)c(C)c12)c1ccccc1. The van der Waals surface area contributed by atoms with Gasteiger partial charge in [-0.15, -0.1) is 11.3 Å². The van der Waals surface area contributed by atoms with E-state index in [9.17, 15) is 4.79 Å². The van der Waals surface area contributed by atoms with Crippen LogP contribution in [0.1, 0.15) is 42.2 Å². The molecule has 0 aliphatic carbocycles. The summed E-state index contributed by atoms with van der Waals surface area (Å²) < 4.78 is 0. The number of nitrogens with one attached hydrogen (secondary N) is 2. The number of rotatable bonds is 7. The van der Waals surface area contributed by atoms with Crippen molar-refractivity contribution >= 4 is 33.3 Å². The minimum absolute atomic E-state index is 0.0271. The zero-order chi connectivity index (χ0) is 19.4. The van der Waals surface area contributed by atoms with Crippen LogP contribution in [0.5, 0.6) is 0 Å². The van der Waals surface area contributed by atoms with E-state index in [4.69, 9.17) is 0 Å². The smallest absolute Gasteiger partial charge is 0.242 e. The predicted molar refractivity (Wildman–Crippen MR) is 112 cm³/mol. The van der Waals surface area contributed by atoms with Gasteiger partial charge in [0, 0.05) is 17.3 Å². The number of thiophene rings is 1. The Hall–Kier alpha value is -2.47. The van der Waals surface area contributed by atoms with Crippen molar-refractivity contribution in [1.29, 1.82) is 0 Å². The molecule has 0 spiro atoms. The number of nitrogens with zero attached hydrogens (tertiary/aromatic N) is 2. The number of carbonyl (C=O) groups excluding carboxylic acids is 1. The van der Waals surface area contributed by atoms with Gasteiger partial charge in [0.1, 0.15) is 23.0 Å². The van der Waals surface area contributed by atoms with Crippen LogP contribution in [-0.2, 0) is 4.79 Å². The first-order valence-corrected chi connectivity index (χ1v) is 10.1. The van der Waals surface area contributed by atoms with E-state index in [0.29, 0.717) is 12.5 Å². The fraction of sp³-hybridized carbons (Fsp3) is 0.381. The fourth-order valence-corrected chi connectivity index (χ4v) is 4.16. The molecular formula is C21H26N4OS. The maximum absolute atomic E-state index is 12.6. The topological polar surface area (TPSA) is 66.9 Å². The Balaban J connectivity index is 1.66. The molecule has 0 saturated carbocycles. The van der Waals surface area contributed by atoms with Crippen LogP contribution in [-0.4, -0.2) is 28.5 Å². The molecule has 5 nitrogen and oxygen atoms in total. The highest BCUT2D eigenvalue weighted by Crippen LogP contribution is 2.32. The van der Waals surface area contributed by atoms with Gasteiger partial charge in [-0.25, -0.2) is 9.97 Å². The van der Waals surface area contributed by atoms with Gasteiger partial charge < -0.3 is 10.6 Å². The summed E-state index contributed by atoms with van der Waals surface area (Å²) in [5.41, 5.74) is 2.42. The molecule has 2 aromatic heterocycles. The monoisotopic (exact) mass is 382 g/mol. The van der Waals surface area contributed by atoms with Crippen LogP contribution < -0.4 is 10.6 Å². The highest BCUT2D eigenvalue weighted by Gasteiger charge is 2.18. The van der Waals surface area contributed by atoms with Gasteiger partial charge in [-0.05, 0) is 38.3 Å². The maximum Gasteiger partial charge on any atom is 0.242 e. The van der Waals surface area contributed by atoms with Crippen molar-refractivity contribution < 1.29 is 4.79 Å². The number of carbonyl (C=O) groups is 1. The number of aromatic nitrogens is 2. The van der Waals surface area contributed by atoms with Crippen LogP contribution in [0.3, 0.4) is 0 Å². The molecule has 0 bridgehead atoms. The zero-order valence-corrected chi connectivity index (χ0v) is 17.1. The molecular weight excluding hydrogens is 356 g/mol. The third kappa shape index (κ3) is 4.27. The minimum Gasteiger partial charge on any atom is -0.358 e. The third-order valence-corrected chi connectivity index (χ3v) is 6.11. The van der Waals surface area contributed by atoms with Crippen molar-refractivity contribution in [3.63, 3.8) is 0 Å². The van der Waals surface area contributed by atoms with Gasteiger partial charge in [-0.3, -0.25) is 4.79 Å². The number of aryl methyl sites for hydroxylation is 2. The lowest BCUT2D eigenvalue weighted by Crippen LogP contribution is -2.39. The Morgan fingerprint density at radius 3 is 2.63 bits per heavy atom. The van der Waals surface area contributed by atoms with Crippen LogP contribution in [0.15, 0.2) is 36.7 Å². The molecule has 2 heterocycles. The Bertz CT molecular complexity index is 923. The number of fused-ring (bicyclic) bond motifs is 1. The molecule has 2 atom stereocenters. The van der Waals surface area contributed by atoms with Gasteiger partial charge in [0.2, 0.25) is 5.91 Å². The van der Waals surface area contributed by atoms with E-state index in [0.717, 1.165) is 22.5 Å². The number of hydrogen-bond donors (Lipinski definition) is 2. The van der Waals surface area contributed by atoms with E-state index < -0.39 is 0 Å². The number of amides is 1. The van der Waals surface area contributed by atoms with Crippen LogP contribution in [0.25, 0.3) is 10.2 Å². The molecule has 3 rings (SSSR count). The van der Waals surface area contributed by atoms with Gasteiger partial charge in [-0.2, -0.15) is 0 Å². The molecule has 0 unspecified atom stereocenters. The average Bonchev–Trinajstić information content (AvgIpc) is 2.97. The summed E-state index contributed by atoms with van der Waals surface area (Å²) in [6.45, 7) is 8.78. The molecule has 0 aliphatic heterocycles. The van der Waals surface area contributed by atoms with Crippen molar-refractivity contribution in [1.82, 2.24) is 15.3 Å². The molecule has 6 heteroatoms. The van der Waals surface area contributed by atoms with E-state index in [1.807, 2.05) is 25.1 Å². The summed E-state index contributed by atoms with van der Waals surface area (Å²) >= 11 is 1.65. The summed E-state index contributed by atoms with van der Waals surface area (Å²) in [5.74, 6) is 1.01. The predicted octanol–water partition coefficient (Wildman–Crippen LogP) is 4.42. The molecule has 1 aromatic carbocycles. The van der Waals surface area contributed by atoms with Gasteiger partial charge in [-0.1, -0.05) is 37.3 Å². The van der Waals surface area contributed by atoms with E-state index >= 15 is 0 Å². The number of benzene rings is 1. The lowest BCUT2D eigenvalue weighted by atomic mass is 9.96. The number of hydrogen-bond acceptors (Lipinski definition) is 5. The summed E-state index contributed by atoms with van der Waals surface area (Å²) in [7, 11) is 0. The van der Waals surface area contributed by atoms with E-state index in [2.05, 4.69) is 53.5 Å². The largest absolute Gasteiger partial charge is 0.358 e. The highest BCUT2D eigenvalue weighted by atomic mass is 32.1. The zero-order valence-electron chi connectivity index (χ0n) is 16.2. The van der Waals surface area contributed by atoms with Crippen molar-refractivity contribution in [2.75, 3.05) is 11.9 Å². The Morgan fingerprint density at radius 1 is 1.19 bits per heavy atom. The van der Waals surface area contributed by atoms with Crippen LogP contribution in [0.2, 0.25) is 0 Å². The Morgan fingerprint density at radius 2 is 1.93 bits per heavy atom. The first-order valence-electron chi connectivity index (χ1n) is 9.31. The lowest BCUT2D eigenvalue weighted by molar-refractivity contribution is -0.121. The molecule has 0 aliphatic rings. The fourth-order valence-electron chi connectivity index (χ4n) is 3.16. The summed E-state index contributed by atoms with van der Waals surface area (Å²) in [4.78, 5) is 23.5.